The Labute approximate surface area is 165 Å². The fourth-order valence-electron chi connectivity index (χ4n) is 3.42. The van der Waals surface area contributed by atoms with Crippen LogP contribution in [0.5, 0.6) is 5.75 Å². The van der Waals surface area contributed by atoms with Crippen LogP contribution in [0.1, 0.15) is 49.6 Å². The SMILES string of the molecule is CCn1c(COc2ccc(C)cc2C)nnc1SCC(=O)NC1CCCC1. The number of carbonyl (C=O) groups excluding carboxylic acids is 1. The van der Waals surface area contributed by atoms with Crippen LogP contribution in [0.4, 0.5) is 0 Å². The number of amides is 1. The van der Waals surface area contributed by atoms with Gasteiger partial charge in [-0.1, -0.05) is 42.3 Å². The largest absolute Gasteiger partial charge is 0.485 e. The number of hydrogen-bond acceptors (Lipinski definition) is 5. The molecular formula is C20H28N4O2S. The quantitative estimate of drug-likeness (QED) is 0.699. The number of benzene rings is 1. The third kappa shape index (κ3) is 5.25. The molecule has 1 saturated carbocycles. The second-order valence-electron chi connectivity index (χ2n) is 7.04. The van der Waals surface area contributed by atoms with Crippen molar-refractivity contribution in [2.45, 2.75) is 70.8 Å². The molecule has 27 heavy (non-hydrogen) atoms. The van der Waals surface area contributed by atoms with Crippen LogP contribution in [0.2, 0.25) is 0 Å². The van der Waals surface area contributed by atoms with Gasteiger partial charge in [0.1, 0.15) is 12.4 Å². The standard InChI is InChI=1S/C20H28N4O2S/c1-4-24-18(12-26-17-10-9-14(2)11-15(17)3)22-23-20(24)27-13-19(25)21-16-7-5-6-8-16/h9-11,16H,4-8,12-13H2,1-3H3,(H,21,25). The van der Waals surface area contributed by atoms with Gasteiger partial charge in [0.2, 0.25) is 5.91 Å². The number of aromatic nitrogens is 3. The highest BCUT2D eigenvalue weighted by Gasteiger charge is 2.18. The first-order valence-corrected chi connectivity index (χ1v) is 10.6. The summed E-state index contributed by atoms with van der Waals surface area (Å²) >= 11 is 1.43. The van der Waals surface area contributed by atoms with Crippen LogP contribution in [0.3, 0.4) is 0 Å². The Balaban J connectivity index is 1.56. The average Bonchev–Trinajstić information content (AvgIpc) is 3.28. The zero-order valence-electron chi connectivity index (χ0n) is 16.3. The molecule has 1 amide bonds. The summed E-state index contributed by atoms with van der Waals surface area (Å²) in [4.78, 5) is 12.1. The first-order chi connectivity index (χ1) is 13.1. The zero-order chi connectivity index (χ0) is 19.2. The van der Waals surface area contributed by atoms with Crippen molar-refractivity contribution in [1.82, 2.24) is 20.1 Å². The molecule has 6 nitrogen and oxygen atoms in total. The van der Waals surface area contributed by atoms with Gasteiger partial charge in [-0.3, -0.25) is 4.79 Å². The fraction of sp³-hybridized carbons (Fsp3) is 0.550. The lowest BCUT2D eigenvalue weighted by atomic mass is 10.1. The topological polar surface area (TPSA) is 69.0 Å². The Morgan fingerprint density at radius 1 is 1.30 bits per heavy atom. The van der Waals surface area contributed by atoms with Crippen LogP contribution in [0.15, 0.2) is 23.4 Å². The minimum Gasteiger partial charge on any atom is -0.485 e. The van der Waals surface area contributed by atoms with E-state index >= 15 is 0 Å². The molecule has 1 aromatic heterocycles. The molecule has 146 valence electrons. The molecule has 0 bridgehead atoms. The number of ether oxygens (including phenoxy) is 1. The second-order valence-corrected chi connectivity index (χ2v) is 7.98. The van der Waals surface area contributed by atoms with Gasteiger partial charge in [-0.2, -0.15) is 0 Å². The molecule has 0 atom stereocenters. The molecule has 3 rings (SSSR count). The van der Waals surface area contributed by atoms with Gasteiger partial charge in [-0.05, 0) is 45.2 Å². The van der Waals surface area contributed by atoms with Gasteiger partial charge >= 0.3 is 0 Å². The lowest BCUT2D eigenvalue weighted by Crippen LogP contribution is -2.33. The minimum absolute atomic E-state index is 0.0747. The predicted molar refractivity (Wildman–Crippen MR) is 107 cm³/mol. The maximum atomic E-state index is 12.1. The summed E-state index contributed by atoms with van der Waals surface area (Å²) in [5.41, 5.74) is 2.32. The molecule has 1 aromatic carbocycles. The van der Waals surface area contributed by atoms with Crippen molar-refractivity contribution in [3.05, 3.63) is 35.2 Å². The minimum atomic E-state index is 0.0747. The molecule has 0 radical (unpaired) electrons. The molecular weight excluding hydrogens is 360 g/mol. The van der Waals surface area contributed by atoms with E-state index in [2.05, 4.69) is 28.5 Å². The highest BCUT2D eigenvalue weighted by atomic mass is 32.2. The van der Waals surface area contributed by atoms with Crippen LogP contribution < -0.4 is 10.1 Å². The van der Waals surface area contributed by atoms with Gasteiger partial charge in [0, 0.05) is 12.6 Å². The van der Waals surface area contributed by atoms with E-state index in [1.165, 1.54) is 30.2 Å². The van der Waals surface area contributed by atoms with Crippen molar-refractivity contribution >= 4 is 17.7 Å². The first kappa shape index (κ1) is 19.7. The van der Waals surface area contributed by atoms with Crippen LogP contribution in [0, 0.1) is 13.8 Å². The van der Waals surface area contributed by atoms with Crippen LogP contribution in [-0.4, -0.2) is 32.5 Å². The molecule has 0 unspecified atom stereocenters. The van der Waals surface area contributed by atoms with Crippen LogP contribution >= 0.6 is 11.8 Å². The summed E-state index contributed by atoms with van der Waals surface area (Å²) in [5, 5.41) is 12.4. The van der Waals surface area contributed by atoms with E-state index in [0.717, 1.165) is 41.7 Å². The summed E-state index contributed by atoms with van der Waals surface area (Å²) < 4.78 is 7.95. The van der Waals surface area contributed by atoms with Crippen molar-refractivity contribution in [1.29, 1.82) is 0 Å². The molecule has 1 N–H and O–H groups in total. The molecule has 0 aliphatic heterocycles. The maximum absolute atomic E-state index is 12.1. The van der Waals surface area contributed by atoms with Gasteiger partial charge in [-0.15, -0.1) is 10.2 Å². The van der Waals surface area contributed by atoms with E-state index in [-0.39, 0.29) is 5.91 Å². The number of rotatable bonds is 8. The van der Waals surface area contributed by atoms with E-state index in [4.69, 9.17) is 4.74 Å². The van der Waals surface area contributed by atoms with E-state index in [0.29, 0.717) is 18.4 Å². The summed E-state index contributed by atoms with van der Waals surface area (Å²) in [6, 6.07) is 6.48. The Bertz CT molecular complexity index is 784. The maximum Gasteiger partial charge on any atom is 0.230 e. The number of aryl methyl sites for hydroxylation is 2. The molecule has 7 heteroatoms. The average molecular weight is 389 g/mol. The highest BCUT2D eigenvalue weighted by molar-refractivity contribution is 7.99. The first-order valence-electron chi connectivity index (χ1n) is 9.61. The molecule has 0 saturated heterocycles. The Kier molecular flexibility index (Phi) is 6.77. The lowest BCUT2D eigenvalue weighted by molar-refractivity contribution is -0.119. The fourth-order valence-corrected chi connectivity index (χ4v) is 4.26. The number of hydrogen-bond donors (Lipinski definition) is 1. The Morgan fingerprint density at radius 3 is 2.78 bits per heavy atom. The van der Waals surface area contributed by atoms with Gasteiger partial charge in [0.05, 0.1) is 5.75 Å². The van der Waals surface area contributed by atoms with Crippen molar-refractivity contribution in [3.63, 3.8) is 0 Å². The summed E-state index contributed by atoms with van der Waals surface area (Å²) in [5.74, 6) is 2.07. The Hall–Kier alpha value is -2.02. The molecule has 0 spiro atoms. The van der Waals surface area contributed by atoms with Crippen LogP contribution in [0.25, 0.3) is 0 Å². The van der Waals surface area contributed by atoms with Gasteiger partial charge < -0.3 is 14.6 Å². The number of thioether (sulfide) groups is 1. The highest BCUT2D eigenvalue weighted by Crippen LogP contribution is 2.22. The summed E-state index contributed by atoms with van der Waals surface area (Å²) in [6.07, 6.45) is 4.63. The summed E-state index contributed by atoms with van der Waals surface area (Å²) in [7, 11) is 0. The number of carbonyl (C=O) groups is 1. The van der Waals surface area contributed by atoms with E-state index in [1.807, 2.05) is 30.5 Å². The third-order valence-corrected chi connectivity index (χ3v) is 5.82. The molecule has 2 aromatic rings. The zero-order valence-corrected chi connectivity index (χ0v) is 17.1. The smallest absolute Gasteiger partial charge is 0.230 e. The van der Waals surface area contributed by atoms with Gasteiger partial charge in [0.15, 0.2) is 11.0 Å². The molecule has 1 heterocycles. The third-order valence-electron chi connectivity index (χ3n) is 4.85. The number of nitrogens with zero attached hydrogens (tertiary/aromatic N) is 3. The van der Waals surface area contributed by atoms with Crippen LogP contribution in [-0.2, 0) is 17.9 Å². The lowest BCUT2D eigenvalue weighted by Gasteiger charge is -2.12. The predicted octanol–water partition coefficient (Wildman–Crippen LogP) is 3.64. The van der Waals surface area contributed by atoms with E-state index < -0.39 is 0 Å². The van der Waals surface area contributed by atoms with E-state index in [9.17, 15) is 4.79 Å². The van der Waals surface area contributed by atoms with Crippen molar-refractivity contribution in [2.24, 2.45) is 0 Å². The summed E-state index contributed by atoms with van der Waals surface area (Å²) in [6.45, 7) is 7.26. The van der Waals surface area contributed by atoms with Gasteiger partial charge in [-0.25, -0.2) is 0 Å². The van der Waals surface area contributed by atoms with Crippen molar-refractivity contribution in [3.8, 4) is 5.75 Å². The monoisotopic (exact) mass is 388 g/mol. The normalized spacial score (nSPS) is 14.5. The molecule has 1 fully saturated rings. The van der Waals surface area contributed by atoms with E-state index in [1.54, 1.807) is 0 Å². The molecule has 1 aliphatic rings. The second kappa shape index (κ2) is 9.26. The van der Waals surface area contributed by atoms with Crippen molar-refractivity contribution < 1.29 is 9.53 Å². The van der Waals surface area contributed by atoms with Crippen molar-refractivity contribution in [2.75, 3.05) is 5.75 Å². The molecule has 1 aliphatic carbocycles. The van der Waals surface area contributed by atoms with Gasteiger partial charge in [0.25, 0.3) is 0 Å². The number of nitrogens with one attached hydrogen (secondary N) is 1. The Morgan fingerprint density at radius 2 is 2.07 bits per heavy atom.